The van der Waals surface area contributed by atoms with Gasteiger partial charge in [-0.2, -0.15) is 0 Å². The summed E-state index contributed by atoms with van der Waals surface area (Å²) in [5.41, 5.74) is 7.72. The Balaban J connectivity index is 2.59. The van der Waals surface area contributed by atoms with E-state index >= 15 is 0 Å². The van der Waals surface area contributed by atoms with Gasteiger partial charge < -0.3 is 10.3 Å². The van der Waals surface area contributed by atoms with Gasteiger partial charge in [0.05, 0.1) is 5.02 Å². The van der Waals surface area contributed by atoms with E-state index < -0.39 is 0 Å². The summed E-state index contributed by atoms with van der Waals surface area (Å²) in [5.74, 6) is 1.63. The third kappa shape index (κ3) is 2.72. The smallest absolute Gasteiger partial charge is 0.131 e. The summed E-state index contributed by atoms with van der Waals surface area (Å²) in [6.07, 6.45) is 1.85. The Morgan fingerprint density at radius 3 is 2.63 bits per heavy atom. The lowest BCUT2D eigenvalue weighted by Gasteiger charge is -2.07. The number of rotatable bonds is 4. The van der Waals surface area contributed by atoms with Crippen molar-refractivity contribution in [2.24, 2.45) is 0 Å². The van der Waals surface area contributed by atoms with Crippen LogP contribution in [0.2, 0.25) is 10.0 Å². The molecule has 0 saturated carbocycles. The molecule has 0 aliphatic heterocycles. The van der Waals surface area contributed by atoms with Gasteiger partial charge in [-0.05, 0) is 24.6 Å². The lowest BCUT2D eigenvalue weighted by molar-refractivity contribution is 0.650. The highest BCUT2D eigenvalue weighted by atomic mass is 35.5. The van der Waals surface area contributed by atoms with E-state index in [1.807, 2.05) is 4.57 Å². The molecule has 1 aromatic heterocycles. The number of imidazole rings is 1. The predicted molar refractivity (Wildman–Crippen MR) is 81.8 cm³/mol. The average Bonchev–Trinajstić information content (AvgIpc) is 2.70. The van der Waals surface area contributed by atoms with Gasteiger partial charge >= 0.3 is 0 Å². The van der Waals surface area contributed by atoms with Crippen molar-refractivity contribution in [2.75, 3.05) is 5.73 Å². The van der Waals surface area contributed by atoms with Gasteiger partial charge in [-0.25, -0.2) is 4.98 Å². The molecule has 5 heteroatoms. The van der Waals surface area contributed by atoms with E-state index in [0.717, 1.165) is 36.5 Å². The largest absolute Gasteiger partial charge is 0.383 e. The second-order valence-corrected chi connectivity index (χ2v) is 5.23. The lowest BCUT2D eigenvalue weighted by atomic mass is 10.1. The minimum atomic E-state index is 0.611. The van der Waals surface area contributed by atoms with Crippen molar-refractivity contribution in [3.63, 3.8) is 0 Å². The molecule has 2 rings (SSSR count). The number of aryl methyl sites for hydroxylation is 1. The van der Waals surface area contributed by atoms with Crippen LogP contribution in [0.4, 0.5) is 5.82 Å². The fourth-order valence-electron chi connectivity index (χ4n) is 2.13. The first-order chi connectivity index (χ1) is 9.08. The first-order valence-corrected chi connectivity index (χ1v) is 7.14. The Kier molecular flexibility index (Phi) is 4.38. The van der Waals surface area contributed by atoms with Gasteiger partial charge in [-0.1, -0.05) is 37.0 Å². The topological polar surface area (TPSA) is 43.8 Å². The van der Waals surface area contributed by atoms with Crippen molar-refractivity contribution in [2.45, 2.75) is 33.2 Å². The summed E-state index contributed by atoms with van der Waals surface area (Å²) >= 11 is 12.2. The zero-order valence-corrected chi connectivity index (χ0v) is 12.6. The van der Waals surface area contributed by atoms with Crippen LogP contribution in [0, 0.1) is 0 Å². The van der Waals surface area contributed by atoms with E-state index in [4.69, 9.17) is 28.9 Å². The number of halogens is 2. The zero-order chi connectivity index (χ0) is 14.0. The Morgan fingerprint density at radius 2 is 2.00 bits per heavy atom. The van der Waals surface area contributed by atoms with Gasteiger partial charge in [0, 0.05) is 23.6 Å². The Morgan fingerprint density at radius 1 is 1.26 bits per heavy atom. The average molecular weight is 298 g/mol. The summed E-state index contributed by atoms with van der Waals surface area (Å²) in [5, 5.41) is 1.24. The van der Waals surface area contributed by atoms with E-state index in [-0.39, 0.29) is 0 Å². The maximum atomic E-state index is 6.22. The summed E-state index contributed by atoms with van der Waals surface area (Å²) in [6, 6.07) is 5.33. The Bertz CT molecular complexity index is 591. The molecule has 0 bridgehead atoms. The van der Waals surface area contributed by atoms with Crippen molar-refractivity contribution in [1.82, 2.24) is 9.55 Å². The molecule has 102 valence electrons. The fraction of sp³-hybridized carbons (Fsp3) is 0.357. The second kappa shape index (κ2) is 5.85. The van der Waals surface area contributed by atoms with Gasteiger partial charge in [0.1, 0.15) is 17.3 Å². The SMILES string of the molecule is CCCn1c(CC)nc(-c2cc(Cl)ccc2Cl)c1N. The second-order valence-electron chi connectivity index (χ2n) is 4.39. The maximum Gasteiger partial charge on any atom is 0.131 e. The van der Waals surface area contributed by atoms with Crippen molar-refractivity contribution >= 4 is 29.0 Å². The van der Waals surface area contributed by atoms with Crippen LogP contribution >= 0.6 is 23.2 Å². The molecule has 0 amide bonds. The number of nitrogens with two attached hydrogens (primary N) is 1. The molecule has 0 unspecified atom stereocenters. The van der Waals surface area contributed by atoms with Crippen molar-refractivity contribution in [3.8, 4) is 11.3 Å². The molecule has 19 heavy (non-hydrogen) atoms. The van der Waals surface area contributed by atoms with Gasteiger partial charge in [-0.15, -0.1) is 0 Å². The molecule has 3 nitrogen and oxygen atoms in total. The molecule has 0 radical (unpaired) electrons. The Hall–Kier alpha value is -1.19. The summed E-state index contributed by atoms with van der Waals surface area (Å²) < 4.78 is 2.05. The number of aromatic nitrogens is 2. The Labute approximate surface area is 123 Å². The normalized spacial score (nSPS) is 10.9. The van der Waals surface area contributed by atoms with Gasteiger partial charge in [0.2, 0.25) is 0 Å². The van der Waals surface area contributed by atoms with Gasteiger partial charge in [0.25, 0.3) is 0 Å². The highest BCUT2D eigenvalue weighted by Crippen LogP contribution is 2.34. The lowest BCUT2D eigenvalue weighted by Crippen LogP contribution is -2.06. The van der Waals surface area contributed by atoms with Crippen LogP contribution in [0.5, 0.6) is 0 Å². The third-order valence-electron chi connectivity index (χ3n) is 3.03. The molecule has 0 atom stereocenters. The quantitative estimate of drug-likeness (QED) is 0.908. The predicted octanol–water partition coefficient (Wildman–Crippen LogP) is 4.41. The minimum absolute atomic E-state index is 0.611. The number of hydrogen-bond acceptors (Lipinski definition) is 2. The van der Waals surface area contributed by atoms with Crippen LogP contribution < -0.4 is 5.73 Å². The van der Waals surface area contributed by atoms with E-state index in [0.29, 0.717) is 15.9 Å². The first kappa shape index (κ1) is 14.2. The highest BCUT2D eigenvalue weighted by molar-refractivity contribution is 6.35. The van der Waals surface area contributed by atoms with Gasteiger partial charge in [0.15, 0.2) is 0 Å². The van der Waals surface area contributed by atoms with E-state index in [1.54, 1.807) is 18.2 Å². The minimum Gasteiger partial charge on any atom is -0.383 e. The van der Waals surface area contributed by atoms with E-state index in [2.05, 4.69) is 18.8 Å². The first-order valence-electron chi connectivity index (χ1n) is 6.38. The van der Waals surface area contributed by atoms with Gasteiger partial charge in [-0.3, -0.25) is 0 Å². The summed E-state index contributed by atoms with van der Waals surface area (Å²) in [4.78, 5) is 4.61. The maximum absolute atomic E-state index is 6.22. The van der Waals surface area contributed by atoms with Crippen molar-refractivity contribution in [3.05, 3.63) is 34.1 Å². The number of benzene rings is 1. The monoisotopic (exact) mass is 297 g/mol. The molecule has 0 aliphatic rings. The summed E-state index contributed by atoms with van der Waals surface area (Å²) in [6.45, 7) is 5.04. The molecular formula is C14H17Cl2N3. The standard InChI is InChI=1S/C14H17Cl2N3/c1-3-7-19-12(4-2)18-13(14(19)17)10-8-9(15)5-6-11(10)16/h5-6,8H,3-4,7,17H2,1-2H3. The summed E-state index contributed by atoms with van der Waals surface area (Å²) in [7, 11) is 0. The number of nitrogen functional groups attached to an aromatic ring is 1. The number of anilines is 1. The van der Waals surface area contributed by atoms with Crippen LogP contribution in [0.15, 0.2) is 18.2 Å². The molecule has 0 spiro atoms. The van der Waals surface area contributed by atoms with Crippen LogP contribution in [0.25, 0.3) is 11.3 Å². The van der Waals surface area contributed by atoms with Crippen LogP contribution in [0.1, 0.15) is 26.1 Å². The molecule has 2 N–H and O–H groups in total. The van der Waals surface area contributed by atoms with Crippen LogP contribution in [-0.4, -0.2) is 9.55 Å². The van der Waals surface area contributed by atoms with Crippen molar-refractivity contribution in [1.29, 1.82) is 0 Å². The number of hydrogen-bond donors (Lipinski definition) is 1. The third-order valence-corrected chi connectivity index (χ3v) is 3.60. The molecule has 1 heterocycles. The molecule has 0 aliphatic carbocycles. The van der Waals surface area contributed by atoms with Crippen molar-refractivity contribution < 1.29 is 0 Å². The molecule has 1 aromatic carbocycles. The fourth-order valence-corrected chi connectivity index (χ4v) is 2.51. The molecule has 0 saturated heterocycles. The van der Waals surface area contributed by atoms with Crippen LogP contribution in [-0.2, 0) is 13.0 Å². The van der Waals surface area contributed by atoms with E-state index in [9.17, 15) is 0 Å². The molecule has 0 fully saturated rings. The molecule has 2 aromatic rings. The van der Waals surface area contributed by atoms with E-state index in [1.165, 1.54) is 0 Å². The number of nitrogens with zero attached hydrogens (tertiary/aromatic N) is 2. The highest BCUT2D eigenvalue weighted by Gasteiger charge is 2.17. The zero-order valence-electron chi connectivity index (χ0n) is 11.1. The van der Waals surface area contributed by atoms with Crippen LogP contribution in [0.3, 0.4) is 0 Å². The molecular weight excluding hydrogens is 281 g/mol.